The van der Waals surface area contributed by atoms with E-state index in [4.69, 9.17) is 5.73 Å². The number of nitrogens with zero attached hydrogens (tertiary/aromatic N) is 4. The van der Waals surface area contributed by atoms with E-state index in [1.54, 1.807) is 19.2 Å². The molecule has 0 bridgehead atoms. The summed E-state index contributed by atoms with van der Waals surface area (Å²) in [6.45, 7) is 5.16. The number of hydrogen-bond donors (Lipinski definition) is 3. The summed E-state index contributed by atoms with van der Waals surface area (Å²) >= 11 is 0. The summed E-state index contributed by atoms with van der Waals surface area (Å²) in [5.74, 6) is 0.342. The van der Waals surface area contributed by atoms with E-state index in [0.717, 1.165) is 24.1 Å². The van der Waals surface area contributed by atoms with E-state index in [0.29, 0.717) is 31.1 Å². The van der Waals surface area contributed by atoms with Crippen molar-refractivity contribution in [2.45, 2.75) is 39.8 Å². The van der Waals surface area contributed by atoms with Crippen molar-refractivity contribution in [3.05, 3.63) is 117 Å². The number of anilines is 2. The maximum atomic E-state index is 13.4. The summed E-state index contributed by atoms with van der Waals surface area (Å²) in [5, 5.41) is 4.88. The monoisotopic (exact) mass is 525 g/mol. The lowest BCUT2D eigenvalue weighted by Crippen LogP contribution is -2.39. The minimum absolute atomic E-state index is 0.114. The molecule has 0 atom stereocenters. The molecule has 0 saturated heterocycles. The normalized spacial score (nSPS) is 10.9. The molecular formula is C30H35N7O2. The zero-order chi connectivity index (χ0) is 27.6. The second kappa shape index (κ2) is 13.3. The van der Waals surface area contributed by atoms with Crippen molar-refractivity contribution in [2.75, 3.05) is 24.2 Å². The average Bonchev–Trinajstić information content (AvgIpc) is 2.94. The molecule has 39 heavy (non-hydrogen) atoms. The molecule has 0 aliphatic carbocycles. The highest BCUT2D eigenvalue weighted by atomic mass is 16.2. The van der Waals surface area contributed by atoms with Gasteiger partial charge >= 0.3 is 0 Å². The molecule has 0 unspecified atom stereocenters. The molecule has 0 fully saturated rings. The van der Waals surface area contributed by atoms with Crippen LogP contribution in [0.5, 0.6) is 0 Å². The van der Waals surface area contributed by atoms with Gasteiger partial charge < -0.3 is 11.1 Å². The van der Waals surface area contributed by atoms with Crippen LogP contribution in [0.25, 0.3) is 0 Å². The Morgan fingerprint density at radius 3 is 2.13 bits per heavy atom. The fourth-order valence-corrected chi connectivity index (χ4v) is 4.22. The third-order valence-corrected chi connectivity index (χ3v) is 6.54. The lowest BCUT2D eigenvalue weighted by molar-refractivity contribution is -0.121. The van der Waals surface area contributed by atoms with Gasteiger partial charge in [0.15, 0.2) is 0 Å². The van der Waals surface area contributed by atoms with Crippen LogP contribution in [0.15, 0.2) is 83.8 Å². The average molecular weight is 526 g/mol. The summed E-state index contributed by atoms with van der Waals surface area (Å²) in [7, 11) is 0. The van der Waals surface area contributed by atoms with Crippen LogP contribution in [0.3, 0.4) is 0 Å². The zero-order valence-corrected chi connectivity index (χ0v) is 22.4. The van der Waals surface area contributed by atoms with Gasteiger partial charge in [0, 0.05) is 37.2 Å². The van der Waals surface area contributed by atoms with Crippen LogP contribution in [0.1, 0.15) is 28.1 Å². The summed E-state index contributed by atoms with van der Waals surface area (Å²) in [6.07, 6.45) is 3.23. The van der Waals surface area contributed by atoms with Crippen LogP contribution in [-0.4, -0.2) is 38.5 Å². The Labute approximate surface area is 228 Å². The molecule has 2 aromatic heterocycles. The zero-order valence-electron chi connectivity index (χ0n) is 22.4. The van der Waals surface area contributed by atoms with Crippen molar-refractivity contribution in [3.63, 3.8) is 0 Å². The minimum atomic E-state index is -0.347. The summed E-state index contributed by atoms with van der Waals surface area (Å²) in [4.78, 5) is 34.7. The summed E-state index contributed by atoms with van der Waals surface area (Å²) in [5.41, 5.74) is 13.2. The quantitative estimate of drug-likeness (QED) is 0.243. The minimum Gasteiger partial charge on any atom is -0.384 e. The van der Waals surface area contributed by atoms with Gasteiger partial charge in [-0.05, 0) is 49.4 Å². The van der Waals surface area contributed by atoms with Crippen molar-refractivity contribution >= 4 is 17.5 Å². The number of nitrogens with two attached hydrogens (primary N) is 1. The van der Waals surface area contributed by atoms with Gasteiger partial charge in [-0.1, -0.05) is 66.7 Å². The Hall–Kier alpha value is -4.50. The topological polar surface area (TPSA) is 118 Å². The third-order valence-electron chi connectivity index (χ3n) is 6.54. The molecule has 9 heteroatoms. The van der Waals surface area contributed by atoms with E-state index in [-0.39, 0.29) is 23.8 Å². The van der Waals surface area contributed by atoms with Crippen molar-refractivity contribution in [1.29, 1.82) is 0 Å². The van der Waals surface area contributed by atoms with Crippen LogP contribution in [0.4, 0.5) is 11.6 Å². The predicted octanol–water partition coefficient (Wildman–Crippen LogP) is 3.27. The molecule has 2 aromatic carbocycles. The third kappa shape index (κ3) is 7.99. The van der Waals surface area contributed by atoms with Crippen LogP contribution >= 0.6 is 0 Å². The number of hydrogen-bond acceptors (Lipinski definition) is 7. The lowest BCUT2D eigenvalue weighted by Gasteiger charge is -2.24. The first-order valence-corrected chi connectivity index (χ1v) is 13.0. The first kappa shape index (κ1) is 27.5. The standard InChI is InChI=1S/C30H35N7O2/c1-22-19-33-29(30(39)37(22)21-28(38)32-20-26-13-14-27(31)34-23(26)2)35-36(17-15-24-9-5-3-6-10-24)18-16-25-11-7-4-8-12-25/h3-14,19H,15-18,20-21H2,1-2H3,(H2,31,34)(H,32,38)(H,33,35). The Balaban J connectivity index is 1.45. The number of rotatable bonds is 12. The number of aromatic nitrogens is 3. The molecule has 0 aliphatic rings. The van der Waals surface area contributed by atoms with Gasteiger partial charge in [-0.15, -0.1) is 0 Å². The molecule has 4 aromatic rings. The summed E-state index contributed by atoms with van der Waals surface area (Å²) < 4.78 is 1.44. The number of aryl methyl sites for hydroxylation is 2. The van der Waals surface area contributed by atoms with Gasteiger partial charge in [0.2, 0.25) is 11.7 Å². The van der Waals surface area contributed by atoms with Gasteiger partial charge in [0.25, 0.3) is 5.56 Å². The van der Waals surface area contributed by atoms with Crippen LogP contribution in [-0.2, 0) is 30.7 Å². The van der Waals surface area contributed by atoms with E-state index in [1.807, 2.05) is 54.4 Å². The van der Waals surface area contributed by atoms with Crippen molar-refractivity contribution in [2.24, 2.45) is 0 Å². The van der Waals surface area contributed by atoms with E-state index < -0.39 is 0 Å². The number of carbonyl (C=O) groups excluding carboxylic acids is 1. The van der Waals surface area contributed by atoms with E-state index >= 15 is 0 Å². The van der Waals surface area contributed by atoms with Crippen LogP contribution in [0.2, 0.25) is 0 Å². The highest BCUT2D eigenvalue weighted by Crippen LogP contribution is 2.09. The van der Waals surface area contributed by atoms with Gasteiger partial charge in [-0.25, -0.2) is 15.0 Å². The van der Waals surface area contributed by atoms with E-state index in [1.165, 1.54) is 15.7 Å². The van der Waals surface area contributed by atoms with Crippen molar-refractivity contribution < 1.29 is 4.79 Å². The van der Waals surface area contributed by atoms with E-state index in [2.05, 4.69) is 45.0 Å². The number of nitrogens with one attached hydrogen (secondary N) is 2. The Kier molecular flexibility index (Phi) is 9.42. The molecule has 0 radical (unpaired) electrons. The number of hydrazine groups is 1. The number of amides is 1. The first-order chi connectivity index (χ1) is 18.9. The van der Waals surface area contributed by atoms with Gasteiger partial charge in [-0.2, -0.15) is 0 Å². The SMILES string of the molecule is Cc1nc(N)ccc1CNC(=O)Cn1c(C)cnc(NN(CCc2ccccc2)CCc2ccccc2)c1=O. The van der Waals surface area contributed by atoms with Crippen molar-refractivity contribution in [1.82, 2.24) is 24.9 Å². The highest BCUT2D eigenvalue weighted by molar-refractivity contribution is 5.75. The van der Waals surface area contributed by atoms with Crippen molar-refractivity contribution in [3.8, 4) is 0 Å². The van der Waals surface area contributed by atoms with Gasteiger partial charge in [-0.3, -0.25) is 19.6 Å². The molecule has 4 rings (SSSR count). The first-order valence-electron chi connectivity index (χ1n) is 13.0. The van der Waals surface area contributed by atoms with Crippen LogP contribution < -0.4 is 22.0 Å². The molecule has 4 N–H and O–H groups in total. The Bertz CT molecular complexity index is 1400. The molecular weight excluding hydrogens is 490 g/mol. The smallest absolute Gasteiger partial charge is 0.295 e. The maximum Gasteiger partial charge on any atom is 0.295 e. The Morgan fingerprint density at radius 2 is 1.54 bits per heavy atom. The number of carbonyl (C=O) groups is 1. The number of nitrogen functional groups attached to an aromatic ring is 1. The molecule has 9 nitrogen and oxygen atoms in total. The fourth-order valence-electron chi connectivity index (χ4n) is 4.22. The highest BCUT2D eigenvalue weighted by Gasteiger charge is 2.15. The molecule has 1 amide bonds. The molecule has 0 spiro atoms. The van der Waals surface area contributed by atoms with Gasteiger partial charge in [0.1, 0.15) is 12.4 Å². The predicted molar refractivity (Wildman–Crippen MR) is 154 cm³/mol. The van der Waals surface area contributed by atoms with Crippen LogP contribution in [0, 0.1) is 13.8 Å². The Morgan fingerprint density at radius 1 is 0.923 bits per heavy atom. The number of benzene rings is 2. The molecule has 202 valence electrons. The largest absolute Gasteiger partial charge is 0.384 e. The summed E-state index contributed by atoms with van der Waals surface area (Å²) in [6, 6.07) is 24.0. The van der Waals surface area contributed by atoms with E-state index in [9.17, 15) is 9.59 Å². The second-order valence-electron chi connectivity index (χ2n) is 9.47. The second-order valence-corrected chi connectivity index (χ2v) is 9.47. The fraction of sp³-hybridized carbons (Fsp3) is 0.267. The maximum absolute atomic E-state index is 13.4. The number of pyridine rings is 1. The molecule has 2 heterocycles. The van der Waals surface area contributed by atoms with Gasteiger partial charge in [0.05, 0.1) is 0 Å². The lowest BCUT2D eigenvalue weighted by atomic mass is 10.1. The molecule has 0 aliphatic heterocycles. The molecule has 0 saturated carbocycles.